The maximum absolute atomic E-state index is 10.7. The molecule has 4 nitrogen and oxygen atoms in total. The molecule has 0 amide bonds. The molecule has 0 fully saturated rings. The number of carboxylic acid groups (broad SMARTS) is 1. The van der Waals surface area contributed by atoms with Crippen molar-refractivity contribution in [1.29, 1.82) is 0 Å². The van der Waals surface area contributed by atoms with Gasteiger partial charge in [0, 0.05) is 27.9 Å². The zero-order chi connectivity index (χ0) is 15.0. The molecule has 0 aliphatic carbocycles. The topological polar surface area (TPSA) is 54.6 Å². The molecule has 0 saturated carbocycles. The highest BCUT2D eigenvalue weighted by Crippen LogP contribution is 2.31. The van der Waals surface area contributed by atoms with E-state index in [9.17, 15) is 4.79 Å². The van der Waals surface area contributed by atoms with Gasteiger partial charge < -0.3 is 5.11 Å². The summed E-state index contributed by atoms with van der Waals surface area (Å²) in [6.45, 7) is 0. The highest BCUT2D eigenvalue weighted by molar-refractivity contribution is 7.15. The number of carboxylic acids is 1. The van der Waals surface area contributed by atoms with Crippen molar-refractivity contribution < 1.29 is 9.90 Å². The van der Waals surface area contributed by atoms with Crippen LogP contribution in [-0.4, -0.2) is 20.5 Å². The van der Waals surface area contributed by atoms with E-state index in [2.05, 4.69) is 4.98 Å². The van der Waals surface area contributed by atoms with Gasteiger partial charge in [0.15, 0.2) is 4.96 Å². The van der Waals surface area contributed by atoms with Gasteiger partial charge >= 0.3 is 5.97 Å². The minimum absolute atomic E-state index is 0.0983. The van der Waals surface area contributed by atoms with Crippen LogP contribution in [0.4, 0.5) is 0 Å². The molecule has 2 heterocycles. The van der Waals surface area contributed by atoms with Crippen molar-refractivity contribution in [1.82, 2.24) is 9.38 Å². The molecule has 0 unspecified atom stereocenters. The number of fused-ring (bicyclic) bond motifs is 1. The monoisotopic (exact) mass is 340 g/mol. The van der Waals surface area contributed by atoms with Crippen LogP contribution >= 0.6 is 34.5 Å². The fourth-order valence-corrected chi connectivity index (χ4v) is 3.48. The smallest absolute Gasteiger partial charge is 0.303 e. The van der Waals surface area contributed by atoms with Crippen LogP contribution in [0.25, 0.3) is 16.2 Å². The Balaban J connectivity index is 1.99. The SMILES string of the molecule is O=C(O)CCc1csc2nc(-c3ccc(Cl)cc3Cl)cn12. The Morgan fingerprint density at radius 2 is 2.19 bits per heavy atom. The lowest BCUT2D eigenvalue weighted by Crippen LogP contribution is -1.99. The van der Waals surface area contributed by atoms with Gasteiger partial charge in [0.1, 0.15) is 0 Å². The number of aromatic nitrogens is 2. The number of carbonyl (C=O) groups is 1. The maximum atomic E-state index is 10.7. The molecular formula is C14H10Cl2N2O2S. The van der Waals surface area contributed by atoms with Gasteiger partial charge in [0.2, 0.25) is 0 Å². The summed E-state index contributed by atoms with van der Waals surface area (Å²) in [6, 6.07) is 5.27. The number of nitrogens with zero attached hydrogens (tertiary/aromatic N) is 2. The molecule has 0 aliphatic rings. The Morgan fingerprint density at radius 3 is 2.90 bits per heavy atom. The zero-order valence-electron chi connectivity index (χ0n) is 10.7. The largest absolute Gasteiger partial charge is 0.481 e. The van der Waals surface area contributed by atoms with Crippen molar-refractivity contribution in [3.8, 4) is 11.3 Å². The van der Waals surface area contributed by atoms with E-state index in [0.717, 1.165) is 21.9 Å². The predicted molar refractivity (Wildman–Crippen MR) is 84.5 cm³/mol. The van der Waals surface area contributed by atoms with Gasteiger partial charge in [-0.25, -0.2) is 4.98 Å². The molecular weight excluding hydrogens is 331 g/mol. The van der Waals surface area contributed by atoms with E-state index < -0.39 is 5.97 Å². The number of aryl methyl sites for hydroxylation is 1. The summed E-state index contributed by atoms with van der Waals surface area (Å²) in [5.41, 5.74) is 2.49. The summed E-state index contributed by atoms with van der Waals surface area (Å²) >= 11 is 13.6. The molecule has 0 saturated heterocycles. The highest BCUT2D eigenvalue weighted by Gasteiger charge is 2.12. The zero-order valence-corrected chi connectivity index (χ0v) is 13.0. The molecule has 0 aliphatic heterocycles. The molecule has 0 atom stereocenters. The fraction of sp³-hybridized carbons (Fsp3) is 0.143. The second-order valence-corrected chi connectivity index (χ2v) is 6.20. The molecule has 0 radical (unpaired) electrons. The van der Waals surface area contributed by atoms with Gasteiger partial charge in [0.05, 0.1) is 17.1 Å². The van der Waals surface area contributed by atoms with Crippen molar-refractivity contribution >= 4 is 45.5 Å². The van der Waals surface area contributed by atoms with Crippen molar-refractivity contribution in [2.24, 2.45) is 0 Å². The predicted octanol–water partition coefficient (Wildman–Crippen LogP) is 4.39. The summed E-state index contributed by atoms with van der Waals surface area (Å²) in [4.78, 5) is 16.0. The molecule has 21 heavy (non-hydrogen) atoms. The lowest BCUT2D eigenvalue weighted by atomic mass is 10.2. The van der Waals surface area contributed by atoms with Crippen LogP contribution in [0, 0.1) is 0 Å². The number of hydrogen-bond acceptors (Lipinski definition) is 3. The third kappa shape index (κ3) is 2.90. The number of hydrogen-bond donors (Lipinski definition) is 1. The van der Waals surface area contributed by atoms with Crippen molar-refractivity contribution in [3.05, 3.63) is 45.5 Å². The van der Waals surface area contributed by atoms with Gasteiger partial charge in [0.25, 0.3) is 0 Å². The number of aliphatic carboxylic acids is 1. The van der Waals surface area contributed by atoms with Crippen molar-refractivity contribution in [2.45, 2.75) is 12.8 Å². The van der Waals surface area contributed by atoms with Crippen LogP contribution in [-0.2, 0) is 11.2 Å². The van der Waals surface area contributed by atoms with Crippen LogP contribution in [0.1, 0.15) is 12.1 Å². The van der Waals surface area contributed by atoms with Crippen LogP contribution in [0.3, 0.4) is 0 Å². The summed E-state index contributed by atoms with van der Waals surface area (Å²) in [6.07, 6.45) is 2.44. The van der Waals surface area contributed by atoms with E-state index in [4.69, 9.17) is 28.3 Å². The normalized spacial score (nSPS) is 11.1. The molecule has 1 aromatic carbocycles. The van der Waals surface area contributed by atoms with E-state index in [1.807, 2.05) is 22.0 Å². The Hall–Kier alpha value is -1.56. The second kappa shape index (κ2) is 5.67. The summed E-state index contributed by atoms with van der Waals surface area (Å²) in [5.74, 6) is -0.810. The lowest BCUT2D eigenvalue weighted by molar-refractivity contribution is -0.136. The first-order valence-corrected chi connectivity index (χ1v) is 7.81. The van der Waals surface area contributed by atoms with E-state index in [1.165, 1.54) is 11.3 Å². The summed E-state index contributed by atoms with van der Waals surface area (Å²) in [5, 5.41) is 11.8. The third-order valence-electron chi connectivity index (χ3n) is 3.09. The van der Waals surface area contributed by atoms with Crippen LogP contribution in [0.2, 0.25) is 10.0 Å². The highest BCUT2D eigenvalue weighted by atomic mass is 35.5. The van der Waals surface area contributed by atoms with E-state index in [0.29, 0.717) is 16.5 Å². The first kappa shape index (κ1) is 14.4. The van der Waals surface area contributed by atoms with Crippen molar-refractivity contribution in [3.63, 3.8) is 0 Å². The molecule has 2 aromatic heterocycles. The summed E-state index contributed by atoms with van der Waals surface area (Å²) in [7, 11) is 0. The second-order valence-electron chi connectivity index (χ2n) is 4.52. The Morgan fingerprint density at radius 1 is 1.38 bits per heavy atom. The van der Waals surface area contributed by atoms with Gasteiger partial charge in [-0.1, -0.05) is 23.2 Å². The van der Waals surface area contributed by atoms with Gasteiger partial charge in [-0.3, -0.25) is 9.20 Å². The number of imidazole rings is 1. The average molecular weight is 341 g/mol. The lowest BCUT2D eigenvalue weighted by Gasteiger charge is -2.00. The molecule has 108 valence electrons. The molecule has 0 bridgehead atoms. The average Bonchev–Trinajstić information content (AvgIpc) is 2.96. The number of benzene rings is 1. The van der Waals surface area contributed by atoms with Gasteiger partial charge in [-0.15, -0.1) is 11.3 Å². The first-order valence-electron chi connectivity index (χ1n) is 6.17. The van der Waals surface area contributed by atoms with Crippen LogP contribution in [0.15, 0.2) is 29.8 Å². The van der Waals surface area contributed by atoms with Crippen molar-refractivity contribution in [2.75, 3.05) is 0 Å². The quantitative estimate of drug-likeness (QED) is 0.766. The Labute approximate surface area is 134 Å². The molecule has 0 spiro atoms. The van der Waals surface area contributed by atoms with E-state index in [-0.39, 0.29) is 6.42 Å². The molecule has 3 rings (SSSR count). The number of rotatable bonds is 4. The number of halogens is 2. The van der Waals surface area contributed by atoms with E-state index >= 15 is 0 Å². The molecule has 1 N–H and O–H groups in total. The summed E-state index contributed by atoms with van der Waals surface area (Å²) < 4.78 is 1.91. The molecule has 7 heteroatoms. The fourth-order valence-electron chi connectivity index (χ4n) is 2.07. The van der Waals surface area contributed by atoms with Gasteiger partial charge in [-0.05, 0) is 24.6 Å². The minimum atomic E-state index is -0.810. The van der Waals surface area contributed by atoms with Crippen LogP contribution < -0.4 is 0 Å². The maximum Gasteiger partial charge on any atom is 0.303 e. The number of thiazole rings is 1. The third-order valence-corrected chi connectivity index (χ3v) is 4.52. The van der Waals surface area contributed by atoms with Crippen LogP contribution in [0.5, 0.6) is 0 Å². The minimum Gasteiger partial charge on any atom is -0.481 e. The van der Waals surface area contributed by atoms with E-state index in [1.54, 1.807) is 12.1 Å². The van der Waals surface area contributed by atoms with Gasteiger partial charge in [-0.2, -0.15) is 0 Å². The standard InChI is InChI=1S/C14H10Cl2N2O2S/c15-8-1-3-10(11(16)5-8)12-6-18-9(2-4-13(19)20)7-21-14(18)17-12/h1,3,5-7H,2,4H2,(H,19,20). The Bertz CT molecular complexity index is 826. The Kier molecular flexibility index (Phi) is 3.89. The first-order chi connectivity index (χ1) is 10.0. The molecule has 3 aromatic rings.